The SMILES string of the molecule is CCCOc1ccc(-c2nc(C#N)c(NCCN3CCOCC3)o2)cc1. The van der Waals surface area contributed by atoms with Crippen LogP contribution in [-0.2, 0) is 4.74 Å². The third-order valence-electron chi connectivity index (χ3n) is 4.12. The van der Waals surface area contributed by atoms with Crippen LogP contribution in [0.1, 0.15) is 19.0 Å². The predicted molar refractivity (Wildman–Crippen MR) is 98.2 cm³/mol. The molecule has 1 saturated heterocycles. The number of hydrogen-bond acceptors (Lipinski definition) is 7. The molecule has 0 bridgehead atoms. The smallest absolute Gasteiger partial charge is 0.232 e. The van der Waals surface area contributed by atoms with Gasteiger partial charge >= 0.3 is 0 Å². The van der Waals surface area contributed by atoms with Crippen molar-refractivity contribution in [1.82, 2.24) is 9.88 Å². The maximum atomic E-state index is 9.31. The molecule has 138 valence electrons. The maximum Gasteiger partial charge on any atom is 0.232 e. The number of nitrogens with zero attached hydrogens (tertiary/aromatic N) is 3. The van der Waals surface area contributed by atoms with Gasteiger partial charge in [0.05, 0.1) is 19.8 Å². The third kappa shape index (κ3) is 4.75. The van der Waals surface area contributed by atoms with Crippen LogP contribution in [0.2, 0.25) is 0 Å². The molecular weight excluding hydrogens is 332 g/mol. The first kappa shape index (κ1) is 18.2. The molecule has 2 aromatic rings. The van der Waals surface area contributed by atoms with Crippen molar-refractivity contribution in [3.63, 3.8) is 0 Å². The molecule has 1 aliphatic heterocycles. The van der Waals surface area contributed by atoms with E-state index in [0.717, 1.165) is 50.6 Å². The Kier molecular flexibility index (Phi) is 6.47. The van der Waals surface area contributed by atoms with Crippen molar-refractivity contribution >= 4 is 5.88 Å². The molecule has 1 N–H and O–H groups in total. The Morgan fingerprint density at radius 1 is 1.27 bits per heavy atom. The molecule has 2 heterocycles. The van der Waals surface area contributed by atoms with E-state index < -0.39 is 0 Å². The molecule has 0 unspecified atom stereocenters. The first-order valence-electron chi connectivity index (χ1n) is 8.98. The van der Waals surface area contributed by atoms with Gasteiger partial charge in [-0.2, -0.15) is 10.2 Å². The van der Waals surface area contributed by atoms with Crippen LogP contribution in [0.3, 0.4) is 0 Å². The molecule has 0 saturated carbocycles. The van der Waals surface area contributed by atoms with E-state index in [1.165, 1.54) is 0 Å². The number of nitriles is 1. The Hall–Kier alpha value is -2.56. The number of oxazole rings is 1. The molecule has 0 amide bonds. The topological polar surface area (TPSA) is 83.5 Å². The number of ether oxygens (including phenoxy) is 2. The molecule has 0 aliphatic carbocycles. The van der Waals surface area contributed by atoms with Crippen molar-refractivity contribution in [2.45, 2.75) is 13.3 Å². The molecule has 1 fully saturated rings. The summed E-state index contributed by atoms with van der Waals surface area (Å²) in [5.74, 6) is 1.66. The van der Waals surface area contributed by atoms with Gasteiger partial charge in [-0.05, 0) is 30.7 Å². The van der Waals surface area contributed by atoms with Crippen molar-refractivity contribution < 1.29 is 13.9 Å². The third-order valence-corrected chi connectivity index (χ3v) is 4.12. The Morgan fingerprint density at radius 2 is 2.04 bits per heavy atom. The van der Waals surface area contributed by atoms with Gasteiger partial charge in [0, 0.05) is 31.7 Å². The van der Waals surface area contributed by atoms with Gasteiger partial charge in [0.15, 0.2) is 0 Å². The lowest BCUT2D eigenvalue weighted by molar-refractivity contribution is 0.0398. The van der Waals surface area contributed by atoms with Crippen LogP contribution in [0.15, 0.2) is 28.7 Å². The van der Waals surface area contributed by atoms with Gasteiger partial charge in [0.25, 0.3) is 0 Å². The fourth-order valence-corrected chi connectivity index (χ4v) is 2.71. The van der Waals surface area contributed by atoms with E-state index in [9.17, 15) is 5.26 Å². The zero-order valence-electron chi connectivity index (χ0n) is 15.0. The van der Waals surface area contributed by atoms with Gasteiger partial charge < -0.3 is 19.2 Å². The second-order valence-corrected chi connectivity index (χ2v) is 6.06. The summed E-state index contributed by atoms with van der Waals surface area (Å²) in [5.41, 5.74) is 1.08. The van der Waals surface area contributed by atoms with Crippen molar-refractivity contribution in [1.29, 1.82) is 5.26 Å². The van der Waals surface area contributed by atoms with Gasteiger partial charge in [-0.15, -0.1) is 0 Å². The highest BCUT2D eigenvalue weighted by molar-refractivity contribution is 5.59. The molecule has 0 spiro atoms. The summed E-state index contributed by atoms with van der Waals surface area (Å²) in [5, 5.41) is 12.5. The lowest BCUT2D eigenvalue weighted by Gasteiger charge is -2.26. The van der Waals surface area contributed by atoms with Gasteiger partial charge in [-0.1, -0.05) is 6.92 Å². The molecule has 7 heteroatoms. The van der Waals surface area contributed by atoms with Crippen LogP contribution in [0.5, 0.6) is 5.75 Å². The van der Waals surface area contributed by atoms with Gasteiger partial charge in [-0.25, -0.2) is 0 Å². The molecule has 0 atom stereocenters. The molecule has 3 rings (SSSR count). The summed E-state index contributed by atoms with van der Waals surface area (Å²) in [7, 11) is 0. The number of morpholine rings is 1. The average molecular weight is 356 g/mol. The number of hydrogen-bond donors (Lipinski definition) is 1. The molecule has 7 nitrogen and oxygen atoms in total. The van der Waals surface area contributed by atoms with Crippen molar-refractivity contribution in [2.24, 2.45) is 0 Å². The van der Waals surface area contributed by atoms with Crippen LogP contribution < -0.4 is 10.1 Å². The number of rotatable bonds is 8. The van der Waals surface area contributed by atoms with Crippen LogP contribution in [0, 0.1) is 11.3 Å². The summed E-state index contributed by atoms with van der Waals surface area (Å²) < 4.78 is 16.7. The lowest BCUT2D eigenvalue weighted by atomic mass is 10.2. The second kappa shape index (κ2) is 9.22. The summed E-state index contributed by atoms with van der Waals surface area (Å²) in [6.07, 6.45) is 0.965. The molecule has 0 radical (unpaired) electrons. The second-order valence-electron chi connectivity index (χ2n) is 6.06. The number of anilines is 1. The van der Waals surface area contributed by atoms with Gasteiger partial charge in [0.1, 0.15) is 11.8 Å². The lowest BCUT2D eigenvalue weighted by Crippen LogP contribution is -2.39. The maximum absolute atomic E-state index is 9.31. The highest BCUT2D eigenvalue weighted by atomic mass is 16.5. The van der Waals surface area contributed by atoms with Gasteiger partial charge in [0.2, 0.25) is 17.5 Å². The van der Waals surface area contributed by atoms with Crippen LogP contribution in [0.4, 0.5) is 5.88 Å². The van der Waals surface area contributed by atoms with Crippen LogP contribution in [0.25, 0.3) is 11.5 Å². The monoisotopic (exact) mass is 356 g/mol. The Morgan fingerprint density at radius 3 is 2.73 bits per heavy atom. The van der Waals surface area contributed by atoms with Crippen LogP contribution in [-0.4, -0.2) is 55.9 Å². The Balaban J connectivity index is 1.61. The first-order chi connectivity index (χ1) is 12.8. The number of benzene rings is 1. The summed E-state index contributed by atoms with van der Waals surface area (Å²) in [4.78, 5) is 6.61. The standard InChI is InChI=1S/C19H24N4O3/c1-2-11-25-16-5-3-15(4-6-16)18-22-17(14-20)19(26-18)21-7-8-23-9-12-24-13-10-23/h3-6,21H,2,7-13H2,1H3. The summed E-state index contributed by atoms with van der Waals surface area (Å²) >= 11 is 0. The summed E-state index contributed by atoms with van der Waals surface area (Å²) in [6, 6.07) is 9.62. The van der Waals surface area contributed by atoms with Crippen molar-refractivity contribution in [3.8, 4) is 23.3 Å². The zero-order valence-corrected chi connectivity index (χ0v) is 15.0. The average Bonchev–Trinajstić information content (AvgIpc) is 3.11. The van der Waals surface area contributed by atoms with Crippen molar-refractivity contribution in [3.05, 3.63) is 30.0 Å². The Bertz CT molecular complexity index is 730. The van der Waals surface area contributed by atoms with E-state index in [1.54, 1.807) is 0 Å². The van der Waals surface area contributed by atoms with Gasteiger partial charge in [-0.3, -0.25) is 4.90 Å². The highest BCUT2D eigenvalue weighted by Crippen LogP contribution is 2.26. The van der Waals surface area contributed by atoms with E-state index >= 15 is 0 Å². The minimum atomic E-state index is 0.272. The van der Waals surface area contributed by atoms with Crippen molar-refractivity contribution in [2.75, 3.05) is 51.3 Å². The fraction of sp³-hybridized carbons (Fsp3) is 0.474. The van der Waals surface area contributed by atoms with E-state index in [1.807, 2.05) is 24.3 Å². The van der Waals surface area contributed by atoms with E-state index in [0.29, 0.717) is 24.9 Å². The molecule has 1 aliphatic rings. The largest absolute Gasteiger partial charge is 0.494 e. The predicted octanol–water partition coefficient (Wildman–Crippen LogP) is 2.75. The van der Waals surface area contributed by atoms with E-state index in [-0.39, 0.29) is 5.69 Å². The normalized spacial score (nSPS) is 14.8. The highest BCUT2D eigenvalue weighted by Gasteiger charge is 2.15. The Labute approximate surface area is 153 Å². The van der Waals surface area contributed by atoms with E-state index in [4.69, 9.17) is 13.9 Å². The zero-order chi connectivity index (χ0) is 18.2. The summed E-state index contributed by atoms with van der Waals surface area (Å²) in [6.45, 7) is 7.72. The molecule has 1 aromatic heterocycles. The molecule has 1 aromatic carbocycles. The minimum Gasteiger partial charge on any atom is -0.494 e. The fourth-order valence-electron chi connectivity index (χ4n) is 2.71. The van der Waals surface area contributed by atoms with E-state index in [2.05, 4.69) is 28.2 Å². The molecular formula is C19H24N4O3. The number of nitrogens with one attached hydrogen (secondary N) is 1. The first-order valence-corrected chi connectivity index (χ1v) is 8.98. The number of aromatic nitrogens is 1. The van der Waals surface area contributed by atoms with Crippen LogP contribution >= 0.6 is 0 Å². The minimum absolute atomic E-state index is 0.272. The molecule has 26 heavy (non-hydrogen) atoms. The quantitative estimate of drug-likeness (QED) is 0.778.